The molecule has 0 saturated heterocycles. The number of anilines is 1. The molecule has 0 atom stereocenters. The second-order valence-electron chi connectivity index (χ2n) is 0.964. The van der Waals surface area contributed by atoms with Crippen molar-refractivity contribution in [1.29, 1.82) is 0 Å². The van der Waals surface area contributed by atoms with E-state index in [-0.39, 0.29) is 5.43 Å². The summed E-state index contributed by atoms with van der Waals surface area (Å²) in [7, 11) is 0. The Hall–Kier alpha value is -0.790. The maximum Gasteiger partial charge on any atom is 0.203 e. The number of hydrogen-bond acceptors (Lipinski definition) is 2. The van der Waals surface area contributed by atoms with E-state index in [9.17, 15) is 4.79 Å². The smallest absolute Gasteiger partial charge is 0.203 e. The third-order valence-electron chi connectivity index (χ3n) is 0.488. The summed E-state index contributed by atoms with van der Waals surface area (Å²) in [5.41, 5.74) is 5.28. The van der Waals surface area contributed by atoms with Crippen molar-refractivity contribution in [3.05, 3.63) is 16.3 Å². The van der Waals surface area contributed by atoms with E-state index in [1.165, 1.54) is 6.07 Å². The lowest BCUT2D eigenvalue weighted by Crippen LogP contribution is -1.79. The van der Waals surface area contributed by atoms with E-state index in [4.69, 9.17) is 5.73 Å². The number of rotatable bonds is 0. The Labute approximate surface area is 28.9 Å². The summed E-state index contributed by atoms with van der Waals surface area (Å²) < 4.78 is 0. The van der Waals surface area contributed by atoms with Crippen molar-refractivity contribution in [1.82, 2.24) is 0 Å². The van der Waals surface area contributed by atoms with E-state index in [1.807, 2.05) is 0 Å². The van der Waals surface area contributed by atoms with Crippen LogP contribution >= 0.6 is 0 Å². The fourth-order valence-electron chi connectivity index (χ4n) is 0.105. The lowest BCUT2D eigenvalue weighted by Gasteiger charge is -1.47. The van der Waals surface area contributed by atoms with Crippen molar-refractivity contribution in [2.24, 2.45) is 0 Å². The van der Waals surface area contributed by atoms with Crippen molar-refractivity contribution in [3.63, 3.8) is 0 Å². The minimum Gasteiger partial charge on any atom is -0.395 e. The molecule has 5 heavy (non-hydrogen) atoms. The van der Waals surface area contributed by atoms with Crippen molar-refractivity contribution < 1.29 is 0 Å². The largest absolute Gasteiger partial charge is 0.395 e. The summed E-state index contributed by atoms with van der Waals surface area (Å²) in [6, 6.07) is 1.39. The molecule has 2 N–H and O–H groups in total. The normalized spacial score (nSPS) is 9.60. The molecule has 0 aromatic heterocycles. The second-order valence-corrected chi connectivity index (χ2v) is 0.964. The van der Waals surface area contributed by atoms with Crippen LogP contribution in [0.1, 0.15) is 0 Å². The molecule has 0 radical (unpaired) electrons. The topological polar surface area (TPSA) is 43.1 Å². The lowest BCUT2D eigenvalue weighted by molar-refractivity contribution is 1.97. The van der Waals surface area contributed by atoms with Gasteiger partial charge in [0.2, 0.25) is 5.43 Å². The van der Waals surface area contributed by atoms with Crippen molar-refractivity contribution in [3.8, 4) is 0 Å². The summed E-state index contributed by atoms with van der Waals surface area (Å²) >= 11 is 0. The first-order valence-corrected chi connectivity index (χ1v) is 1.32. The van der Waals surface area contributed by atoms with E-state index in [0.717, 1.165) is 0 Å². The fraction of sp³-hybridized carbons (Fsp3) is 0. The first-order valence-electron chi connectivity index (χ1n) is 1.32. The van der Waals surface area contributed by atoms with E-state index in [1.54, 1.807) is 0 Å². The number of nitrogen functional groups attached to an aromatic ring is 1. The third-order valence-corrected chi connectivity index (χ3v) is 0.488. The predicted molar refractivity (Wildman–Crippen MR) is 19.5 cm³/mol. The highest BCUT2D eigenvalue weighted by Crippen LogP contribution is 1.90. The summed E-state index contributed by atoms with van der Waals surface area (Å²) in [6.45, 7) is 0. The summed E-state index contributed by atoms with van der Waals surface area (Å²) in [5, 5.41) is 0. The van der Waals surface area contributed by atoms with Gasteiger partial charge in [0.1, 0.15) is 0 Å². The van der Waals surface area contributed by atoms with Crippen LogP contribution in [0.25, 0.3) is 0 Å². The zero-order valence-corrected chi connectivity index (χ0v) is 2.56. The zero-order valence-electron chi connectivity index (χ0n) is 2.56. The molecule has 1 aromatic rings. The molecule has 1 rings (SSSR count). The Kier molecular flexibility index (Phi) is 0.199. The van der Waals surface area contributed by atoms with Crippen LogP contribution in [0.3, 0.4) is 0 Å². The van der Waals surface area contributed by atoms with E-state index >= 15 is 0 Å². The van der Waals surface area contributed by atoms with Gasteiger partial charge in [-0.25, -0.2) is 0 Å². The van der Waals surface area contributed by atoms with Gasteiger partial charge in [-0.15, -0.1) is 0 Å². The molecule has 0 bridgehead atoms. The van der Waals surface area contributed by atoms with Gasteiger partial charge < -0.3 is 5.73 Å². The van der Waals surface area contributed by atoms with E-state index in [0.29, 0.717) is 5.69 Å². The molecule has 2 nitrogen and oxygen atoms in total. The molecule has 0 fully saturated rings. The van der Waals surface area contributed by atoms with Crippen LogP contribution in [-0.2, 0) is 0 Å². The molecule has 0 heterocycles. The van der Waals surface area contributed by atoms with Gasteiger partial charge in [0.05, 0.1) is 5.69 Å². The SMILES string of the molecule is Nc1cc1=O. The van der Waals surface area contributed by atoms with E-state index in [2.05, 4.69) is 0 Å². The molecule has 26 valence electrons. The van der Waals surface area contributed by atoms with Crippen molar-refractivity contribution in [2.45, 2.75) is 0 Å². The van der Waals surface area contributed by atoms with Gasteiger partial charge in [-0.2, -0.15) is 0 Å². The average molecular weight is 69.1 g/mol. The Balaban J connectivity index is 3.15. The van der Waals surface area contributed by atoms with Gasteiger partial charge in [0, 0.05) is 6.07 Å². The quantitative estimate of drug-likeness (QED) is 0.446. The van der Waals surface area contributed by atoms with Crippen molar-refractivity contribution >= 4 is 5.69 Å². The zero-order chi connectivity index (χ0) is 3.86. The number of nitrogens with two attached hydrogens (primary N) is 1. The van der Waals surface area contributed by atoms with Gasteiger partial charge in [0.15, 0.2) is 0 Å². The molecule has 0 unspecified atom stereocenters. The predicted octanol–water partition coefficient (Wildman–Crippen LogP) is -0.495. The summed E-state index contributed by atoms with van der Waals surface area (Å²) in [6.07, 6.45) is 0. The molecule has 0 amide bonds. The first-order chi connectivity index (χ1) is 2.30. The highest BCUT2D eigenvalue weighted by molar-refractivity contribution is 5.47. The third kappa shape index (κ3) is 0.173. The Morgan fingerprint density at radius 3 is 2.00 bits per heavy atom. The summed E-state index contributed by atoms with van der Waals surface area (Å²) in [4.78, 5) is 9.67. The minimum absolute atomic E-state index is 0.00926. The molecular weight excluding hydrogens is 66.0 g/mol. The van der Waals surface area contributed by atoms with E-state index < -0.39 is 0 Å². The molecule has 0 spiro atoms. The maximum atomic E-state index is 9.67. The highest BCUT2D eigenvalue weighted by atomic mass is 16.1. The average Bonchev–Trinajstić information content (AvgIpc) is 1.79. The molecular formula is C3H3NO. The molecule has 0 saturated carbocycles. The van der Waals surface area contributed by atoms with Gasteiger partial charge in [-0.05, 0) is 0 Å². The van der Waals surface area contributed by atoms with Gasteiger partial charge in [0.25, 0.3) is 0 Å². The van der Waals surface area contributed by atoms with Gasteiger partial charge >= 0.3 is 0 Å². The Morgan fingerprint density at radius 1 is 1.80 bits per heavy atom. The monoisotopic (exact) mass is 69.0 g/mol. The molecule has 0 aliphatic rings. The van der Waals surface area contributed by atoms with Gasteiger partial charge in [-0.1, -0.05) is 0 Å². The van der Waals surface area contributed by atoms with Crippen LogP contribution in [0.4, 0.5) is 5.69 Å². The van der Waals surface area contributed by atoms with Crippen LogP contribution in [0.5, 0.6) is 0 Å². The first kappa shape index (κ1) is 2.45. The van der Waals surface area contributed by atoms with Gasteiger partial charge in [-0.3, -0.25) is 4.79 Å². The van der Waals surface area contributed by atoms with Crippen LogP contribution in [-0.4, -0.2) is 0 Å². The summed E-state index contributed by atoms with van der Waals surface area (Å²) in [5.74, 6) is 0. The van der Waals surface area contributed by atoms with Crippen LogP contribution in [0.2, 0.25) is 0 Å². The number of hydrogen-bond donors (Lipinski definition) is 1. The van der Waals surface area contributed by atoms with Crippen molar-refractivity contribution in [2.75, 3.05) is 5.73 Å². The lowest BCUT2D eigenvalue weighted by atomic mass is 11.0. The minimum atomic E-state index is -0.00926. The van der Waals surface area contributed by atoms with Crippen LogP contribution in [0, 0.1) is 0 Å². The standard InChI is InChI=1S/C3H3NO/c4-2-1-3(2)5/h1H,4H2. The molecule has 2 heteroatoms. The maximum absolute atomic E-state index is 9.67. The molecule has 0 aliphatic carbocycles. The molecule has 1 aromatic carbocycles. The fourth-order valence-corrected chi connectivity index (χ4v) is 0.105. The Morgan fingerprint density at radius 2 is 2.00 bits per heavy atom. The highest BCUT2D eigenvalue weighted by Gasteiger charge is 1.97. The Bertz CT molecular complexity index is 138. The molecule has 0 aliphatic heterocycles. The second kappa shape index (κ2) is 0.407. The van der Waals surface area contributed by atoms with Crippen LogP contribution < -0.4 is 11.2 Å². The van der Waals surface area contributed by atoms with Crippen LogP contribution in [0.15, 0.2) is 10.9 Å².